The summed E-state index contributed by atoms with van der Waals surface area (Å²) in [7, 11) is 0. The Kier molecular flexibility index (Phi) is 3.48. The molecule has 2 aromatic rings. The first-order valence-electron chi connectivity index (χ1n) is 6.03. The van der Waals surface area contributed by atoms with Gasteiger partial charge in [0, 0.05) is 5.41 Å². The average molecular weight is 260 g/mol. The van der Waals surface area contributed by atoms with Crippen LogP contribution in [0.2, 0.25) is 0 Å². The van der Waals surface area contributed by atoms with Gasteiger partial charge in [0.25, 0.3) is 0 Å². The Morgan fingerprint density at radius 1 is 1.16 bits per heavy atom. The maximum Gasteiger partial charge on any atom is 0.187 e. The van der Waals surface area contributed by atoms with E-state index in [0.717, 1.165) is 5.56 Å². The molecule has 0 unspecified atom stereocenters. The van der Waals surface area contributed by atoms with Crippen LogP contribution in [0.25, 0.3) is 0 Å². The van der Waals surface area contributed by atoms with E-state index in [9.17, 15) is 4.39 Å². The summed E-state index contributed by atoms with van der Waals surface area (Å²) in [6.45, 7) is 5.59. The molecule has 0 bridgehead atoms. The van der Waals surface area contributed by atoms with E-state index in [2.05, 4.69) is 15.4 Å². The highest BCUT2D eigenvalue weighted by atomic mass is 19.1. The number of anilines is 1. The molecular formula is C14H17FN4. The first kappa shape index (κ1) is 13.4. The van der Waals surface area contributed by atoms with Crippen LogP contribution in [0, 0.1) is 12.7 Å². The van der Waals surface area contributed by atoms with Crippen molar-refractivity contribution in [3.05, 3.63) is 53.2 Å². The Hall–Kier alpha value is -2.01. The fraction of sp³-hybridized carbons (Fsp3) is 0.286. The minimum Gasteiger partial charge on any atom is -0.306 e. The molecule has 0 saturated carbocycles. The Bertz CT molecular complexity index is 581. The van der Waals surface area contributed by atoms with Crippen molar-refractivity contribution in [2.45, 2.75) is 26.2 Å². The van der Waals surface area contributed by atoms with E-state index in [1.807, 2.05) is 44.2 Å². The van der Waals surface area contributed by atoms with Crippen molar-refractivity contribution in [1.82, 2.24) is 9.97 Å². The lowest BCUT2D eigenvalue weighted by atomic mass is 9.83. The standard InChI is InChI=1S/C14H17FN4/c1-9-11(15)12(19-16)18-13(17-9)14(2,3)10-7-5-4-6-8-10/h4-8H,16H2,1-3H3,(H,17,18,19). The van der Waals surface area contributed by atoms with Crippen molar-refractivity contribution in [3.8, 4) is 0 Å². The van der Waals surface area contributed by atoms with E-state index in [4.69, 9.17) is 5.84 Å². The van der Waals surface area contributed by atoms with Gasteiger partial charge in [-0.1, -0.05) is 30.3 Å². The lowest BCUT2D eigenvalue weighted by Gasteiger charge is -2.24. The van der Waals surface area contributed by atoms with Crippen LogP contribution in [0.3, 0.4) is 0 Å². The van der Waals surface area contributed by atoms with Crippen molar-refractivity contribution in [2.24, 2.45) is 5.84 Å². The highest BCUT2D eigenvalue weighted by Crippen LogP contribution is 2.30. The monoisotopic (exact) mass is 260 g/mol. The van der Waals surface area contributed by atoms with Gasteiger partial charge >= 0.3 is 0 Å². The minimum atomic E-state index is -0.518. The van der Waals surface area contributed by atoms with Gasteiger partial charge in [0.05, 0.1) is 5.69 Å². The Labute approximate surface area is 111 Å². The van der Waals surface area contributed by atoms with Crippen LogP contribution in [0.4, 0.5) is 10.2 Å². The lowest BCUT2D eigenvalue weighted by molar-refractivity contribution is 0.556. The number of rotatable bonds is 3. The number of hydrogen-bond donors (Lipinski definition) is 2. The van der Waals surface area contributed by atoms with E-state index in [-0.39, 0.29) is 11.5 Å². The molecule has 2 rings (SSSR count). The molecule has 0 aliphatic heterocycles. The molecule has 0 atom stereocenters. The van der Waals surface area contributed by atoms with E-state index < -0.39 is 11.2 Å². The van der Waals surface area contributed by atoms with Gasteiger partial charge in [-0.05, 0) is 26.3 Å². The molecule has 3 N–H and O–H groups in total. The van der Waals surface area contributed by atoms with Crippen LogP contribution in [-0.2, 0) is 5.41 Å². The van der Waals surface area contributed by atoms with Gasteiger partial charge in [0.2, 0.25) is 0 Å². The molecule has 0 amide bonds. The number of aryl methyl sites for hydroxylation is 1. The fourth-order valence-corrected chi connectivity index (χ4v) is 1.92. The third-order valence-corrected chi connectivity index (χ3v) is 3.21. The molecule has 0 spiro atoms. The zero-order valence-corrected chi connectivity index (χ0v) is 11.2. The summed E-state index contributed by atoms with van der Waals surface area (Å²) in [5, 5.41) is 0. The van der Waals surface area contributed by atoms with E-state index in [1.165, 1.54) is 0 Å². The molecule has 0 aliphatic rings. The maximum absolute atomic E-state index is 13.7. The normalized spacial score (nSPS) is 11.4. The predicted molar refractivity (Wildman–Crippen MR) is 73.1 cm³/mol. The van der Waals surface area contributed by atoms with Crippen molar-refractivity contribution >= 4 is 5.82 Å². The summed E-state index contributed by atoms with van der Waals surface area (Å²) in [5.74, 6) is 5.32. The summed E-state index contributed by atoms with van der Waals surface area (Å²) < 4.78 is 13.7. The first-order valence-corrected chi connectivity index (χ1v) is 6.03. The van der Waals surface area contributed by atoms with Gasteiger partial charge in [-0.2, -0.15) is 0 Å². The zero-order chi connectivity index (χ0) is 14.0. The number of hydrazine groups is 1. The Morgan fingerprint density at radius 3 is 2.37 bits per heavy atom. The van der Waals surface area contributed by atoms with Crippen LogP contribution in [0.1, 0.15) is 30.9 Å². The molecule has 100 valence electrons. The Balaban J connectivity index is 2.55. The molecule has 5 heteroatoms. The minimum absolute atomic E-state index is 0.0199. The largest absolute Gasteiger partial charge is 0.306 e. The average Bonchev–Trinajstić information content (AvgIpc) is 2.42. The van der Waals surface area contributed by atoms with Crippen molar-refractivity contribution < 1.29 is 4.39 Å². The molecule has 0 aliphatic carbocycles. The SMILES string of the molecule is Cc1nc(C(C)(C)c2ccccc2)nc(NN)c1F. The molecule has 0 radical (unpaired) electrons. The van der Waals surface area contributed by atoms with Crippen LogP contribution < -0.4 is 11.3 Å². The molecule has 1 aromatic carbocycles. The van der Waals surface area contributed by atoms with Crippen LogP contribution in [0.15, 0.2) is 30.3 Å². The summed E-state index contributed by atoms with van der Waals surface area (Å²) in [5.41, 5.74) is 3.19. The predicted octanol–water partition coefficient (Wildman–Crippen LogP) is 2.54. The van der Waals surface area contributed by atoms with Crippen LogP contribution in [0.5, 0.6) is 0 Å². The summed E-state index contributed by atoms with van der Waals surface area (Å²) >= 11 is 0. The third kappa shape index (κ3) is 2.42. The molecule has 0 saturated heterocycles. The molecule has 4 nitrogen and oxygen atoms in total. The zero-order valence-electron chi connectivity index (χ0n) is 11.2. The summed E-state index contributed by atoms with van der Waals surface area (Å²) in [6, 6.07) is 9.85. The van der Waals surface area contributed by atoms with E-state index in [0.29, 0.717) is 5.82 Å². The van der Waals surface area contributed by atoms with Gasteiger partial charge in [0.1, 0.15) is 5.82 Å². The lowest BCUT2D eigenvalue weighted by Crippen LogP contribution is -2.25. The number of nitrogens with two attached hydrogens (primary N) is 1. The molecule has 1 aromatic heterocycles. The molecule has 0 fully saturated rings. The van der Waals surface area contributed by atoms with Gasteiger partial charge in [-0.3, -0.25) is 0 Å². The van der Waals surface area contributed by atoms with Crippen molar-refractivity contribution in [2.75, 3.05) is 5.43 Å². The van der Waals surface area contributed by atoms with Gasteiger partial charge in [-0.25, -0.2) is 20.2 Å². The molecular weight excluding hydrogens is 243 g/mol. The van der Waals surface area contributed by atoms with Crippen molar-refractivity contribution in [1.29, 1.82) is 0 Å². The number of nitrogens with one attached hydrogen (secondary N) is 1. The second-order valence-corrected chi connectivity index (χ2v) is 4.93. The van der Waals surface area contributed by atoms with Crippen LogP contribution in [-0.4, -0.2) is 9.97 Å². The molecule has 19 heavy (non-hydrogen) atoms. The first-order chi connectivity index (χ1) is 8.96. The van der Waals surface area contributed by atoms with Gasteiger partial charge < -0.3 is 5.43 Å². The summed E-state index contributed by atoms with van der Waals surface area (Å²) in [6.07, 6.45) is 0. The van der Waals surface area contributed by atoms with Crippen LogP contribution >= 0.6 is 0 Å². The number of benzene rings is 1. The number of halogens is 1. The number of nitrogen functional groups attached to an aromatic ring is 1. The van der Waals surface area contributed by atoms with Gasteiger partial charge in [0.15, 0.2) is 11.6 Å². The quantitative estimate of drug-likeness (QED) is 0.657. The topological polar surface area (TPSA) is 63.8 Å². The van der Waals surface area contributed by atoms with Gasteiger partial charge in [-0.15, -0.1) is 0 Å². The number of aromatic nitrogens is 2. The second-order valence-electron chi connectivity index (χ2n) is 4.93. The van der Waals surface area contributed by atoms with E-state index >= 15 is 0 Å². The molecule has 1 heterocycles. The number of nitrogens with zero attached hydrogens (tertiary/aromatic N) is 2. The summed E-state index contributed by atoms with van der Waals surface area (Å²) in [4.78, 5) is 8.43. The second kappa shape index (κ2) is 4.93. The highest BCUT2D eigenvalue weighted by Gasteiger charge is 2.28. The maximum atomic E-state index is 13.7. The number of hydrogen-bond acceptors (Lipinski definition) is 4. The van der Waals surface area contributed by atoms with E-state index in [1.54, 1.807) is 6.92 Å². The highest BCUT2D eigenvalue weighted by molar-refractivity contribution is 5.40. The van der Waals surface area contributed by atoms with Crippen molar-refractivity contribution in [3.63, 3.8) is 0 Å². The fourth-order valence-electron chi connectivity index (χ4n) is 1.92. The smallest absolute Gasteiger partial charge is 0.187 e. The Morgan fingerprint density at radius 2 is 1.79 bits per heavy atom. The third-order valence-electron chi connectivity index (χ3n) is 3.21.